The summed E-state index contributed by atoms with van der Waals surface area (Å²) in [7, 11) is 0. The summed E-state index contributed by atoms with van der Waals surface area (Å²) in [6.07, 6.45) is 3.39. The van der Waals surface area contributed by atoms with Crippen molar-refractivity contribution in [2.45, 2.75) is 58.6 Å². The van der Waals surface area contributed by atoms with E-state index in [1.165, 1.54) is 5.56 Å². The predicted octanol–water partition coefficient (Wildman–Crippen LogP) is 3.51. The number of aryl methyl sites for hydroxylation is 2. The van der Waals surface area contributed by atoms with E-state index in [1.807, 2.05) is 13.8 Å². The molecule has 2 rings (SSSR count). The van der Waals surface area contributed by atoms with E-state index in [9.17, 15) is 0 Å². The molecular formula is C15H25NO2. The van der Waals surface area contributed by atoms with Crippen molar-refractivity contribution in [1.29, 1.82) is 0 Å². The van der Waals surface area contributed by atoms with Gasteiger partial charge >= 0.3 is 0 Å². The van der Waals surface area contributed by atoms with Crippen LogP contribution in [0.15, 0.2) is 10.5 Å². The van der Waals surface area contributed by atoms with Crippen LogP contribution in [0.5, 0.6) is 0 Å². The molecule has 2 atom stereocenters. The second-order valence-corrected chi connectivity index (χ2v) is 5.52. The van der Waals surface area contributed by atoms with Gasteiger partial charge in [0.15, 0.2) is 0 Å². The third kappa shape index (κ3) is 2.62. The Labute approximate surface area is 110 Å². The Morgan fingerprint density at radius 2 is 2.22 bits per heavy atom. The maximum Gasteiger partial charge on any atom is 0.105 e. The summed E-state index contributed by atoms with van der Waals surface area (Å²) in [5.74, 6) is 1.99. The van der Waals surface area contributed by atoms with E-state index in [0.29, 0.717) is 0 Å². The summed E-state index contributed by atoms with van der Waals surface area (Å²) in [4.78, 5) is 0. The summed E-state index contributed by atoms with van der Waals surface area (Å²) in [5.41, 5.74) is 1.15. The van der Waals surface area contributed by atoms with Crippen LogP contribution in [-0.4, -0.2) is 18.8 Å². The normalized spacial score (nSPS) is 25.6. The van der Waals surface area contributed by atoms with Crippen molar-refractivity contribution in [3.63, 3.8) is 0 Å². The molecule has 3 heteroatoms. The van der Waals surface area contributed by atoms with E-state index >= 15 is 0 Å². The van der Waals surface area contributed by atoms with Crippen molar-refractivity contribution in [2.24, 2.45) is 0 Å². The van der Waals surface area contributed by atoms with Crippen LogP contribution in [0, 0.1) is 13.8 Å². The maximum atomic E-state index is 6.01. The zero-order chi connectivity index (χ0) is 13.2. The lowest BCUT2D eigenvalue weighted by Gasteiger charge is -2.34. The Morgan fingerprint density at radius 3 is 2.72 bits per heavy atom. The lowest BCUT2D eigenvalue weighted by atomic mass is 9.87. The molecule has 0 amide bonds. The van der Waals surface area contributed by atoms with Crippen molar-refractivity contribution in [2.75, 3.05) is 13.2 Å². The van der Waals surface area contributed by atoms with Gasteiger partial charge in [0.25, 0.3) is 0 Å². The number of hydrogen-bond donors (Lipinski definition) is 1. The molecule has 2 heterocycles. The highest BCUT2D eigenvalue weighted by atomic mass is 16.5. The zero-order valence-corrected chi connectivity index (χ0v) is 12.0. The SMILES string of the molecule is CCCNC(c1cc(C)oc1C)C1(C)CCCO1. The second-order valence-electron chi connectivity index (χ2n) is 5.52. The number of nitrogens with one attached hydrogen (secondary N) is 1. The van der Waals surface area contributed by atoms with E-state index in [0.717, 1.165) is 43.9 Å². The van der Waals surface area contributed by atoms with Crippen molar-refractivity contribution in [1.82, 2.24) is 5.32 Å². The molecular weight excluding hydrogens is 226 g/mol. The largest absolute Gasteiger partial charge is 0.466 e. The quantitative estimate of drug-likeness (QED) is 0.869. The number of rotatable bonds is 5. The topological polar surface area (TPSA) is 34.4 Å². The molecule has 18 heavy (non-hydrogen) atoms. The first-order chi connectivity index (χ1) is 8.57. The first-order valence-corrected chi connectivity index (χ1v) is 7.01. The standard InChI is InChI=1S/C15H25NO2/c1-5-8-16-14(15(4)7-6-9-17-15)13-10-11(2)18-12(13)3/h10,14,16H,5-9H2,1-4H3. The van der Waals surface area contributed by atoms with Crippen LogP contribution in [0.1, 0.15) is 56.2 Å². The fraction of sp³-hybridized carbons (Fsp3) is 0.733. The van der Waals surface area contributed by atoms with Crippen LogP contribution in [0.25, 0.3) is 0 Å². The highest BCUT2D eigenvalue weighted by Gasteiger charge is 2.40. The third-order valence-electron chi connectivity index (χ3n) is 3.85. The number of furan rings is 1. The molecule has 0 radical (unpaired) electrons. The fourth-order valence-corrected chi connectivity index (χ4v) is 2.91. The van der Waals surface area contributed by atoms with Crippen molar-refractivity contribution in [3.05, 3.63) is 23.2 Å². The molecule has 0 bridgehead atoms. The van der Waals surface area contributed by atoms with Crippen LogP contribution in [0.3, 0.4) is 0 Å². The summed E-state index contributed by atoms with van der Waals surface area (Å²) >= 11 is 0. The molecule has 1 saturated heterocycles. The van der Waals surface area contributed by atoms with Gasteiger partial charge in [-0.05, 0) is 52.6 Å². The summed E-state index contributed by atoms with van der Waals surface area (Å²) in [6.45, 7) is 10.3. The van der Waals surface area contributed by atoms with E-state index in [1.54, 1.807) is 0 Å². The lowest BCUT2D eigenvalue weighted by Crippen LogP contribution is -2.41. The molecule has 1 fully saturated rings. The Bertz CT molecular complexity index is 391. The van der Waals surface area contributed by atoms with E-state index in [4.69, 9.17) is 9.15 Å². The van der Waals surface area contributed by atoms with Crippen molar-refractivity contribution >= 4 is 0 Å². The van der Waals surface area contributed by atoms with Crippen LogP contribution in [0.4, 0.5) is 0 Å². The minimum atomic E-state index is -0.101. The second kappa shape index (κ2) is 5.45. The molecule has 0 aliphatic carbocycles. The van der Waals surface area contributed by atoms with Crippen LogP contribution in [0.2, 0.25) is 0 Å². The number of hydrogen-bond acceptors (Lipinski definition) is 3. The van der Waals surface area contributed by atoms with E-state index in [2.05, 4.69) is 25.2 Å². The molecule has 1 aromatic rings. The Kier molecular flexibility index (Phi) is 4.13. The third-order valence-corrected chi connectivity index (χ3v) is 3.85. The van der Waals surface area contributed by atoms with E-state index in [-0.39, 0.29) is 11.6 Å². The molecule has 0 aromatic carbocycles. The van der Waals surface area contributed by atoms with Crippen molar-refractivity contribution < 1.29 is 9.15 Å². The van der Waals surface area contributed by atoms with Gasteiger partial charge in [0.05, 0.1) is 11.6 Å². The minimum Gasteiger partial charge on any atom is -0.466 e. The first kappa shape index (κ1) is 13.6. The number of ether oxygens (including phenoxy) is 1. The van der Waals surface area contributed by atoms with Crippen molar-refractivity contribution in [3.8, 4) is 0 Å². The molecule has 1 aliphatic heterocycles. The van der Waals surface area contributed by atoms with Gasteiger partial charge in [0.2, 0.25) is 0 Å². The highest BCUT2D eigenvalue weighted by Crippen LogP contribution is 2.39. The van der Waals surface area contributed by atoms with Crippen LogP contribution < -0.4 is 5.32 Å². The zero-order valence-electron chi connectivity index (χ0n) is 12.0. The molecule has 102 valence electrons. The molecule has 1 aliphatic rings. The summed E-state index contributed by atoms with van der Waals surface area (Å²) in [6, 6.07) is 2.38. The first-order valence-electron chi connectivity index (χ1n) is 7.01. The molecule has 0 spiro atoms. The highest BCUT2D eigenvalue weighted by molar-refractivity contribution is 5.27. The van der Waals surface area contributed by atoms with Crippen LogP contribution in [-0.2, 0) is 4.74 Å². The maximum absolute atomic E-state index is 6.01. The van der Waals surface area contributed by atoms with Crippen LogP contribution >= 0.6 is 0 Å². The molecule has 1 N–H and O–H groups in total. The van der Waals surface area contributed by atoms with Gasteiger partial charge in [-0.15, -0.1) is 0 Å². The Morgan fingerprint density at radius 1 is 1.44 bits per heavy atom. The van der Waals surface area contributed by atoms with Gasteiger partial charge < -0.3 is 14.5 Å². The Hall–Kier alpha value is -0.800. The summed E-state index contributed by atoms with van der Waals surface area (Å²) < 4.78 is 11.7. The van der Waals surface area contributed by atoms with E-state index < -0.39 is 0 Å². The predicted molar refractivity (Wildman–Crippen MR) is 72.8 cm³/mol. The average Bonchev–Trinajstić information content (AvgIpc) is 2.87. The Balaban J connectivity index is 2.27. The van der Waals surface area contributed by atoms with Gasteiger partial charge in [0, 0.05) is 12.2 Å². The average molecular weight is 251 g/mol. The molecule has 1 aromatic heterocycles. The molecule has 2 unspecified atom stereocenters. The molecule has 0 saturated carbocycles. The summed E-state index contributed by atoms with van der Waals surface area (Å²) in [5, 5.41) is 3.64. The smallest absolute Gasteiger partial charge is 0.105 e. The monoisotopic (exact) mass is 251 g/mol. The van der Waals surface area contributed by atoms with Gasteiger partial charge in [-0.2, -0.15) is 0 Å². The van der Waals surface area contributed by atoms with Gasteiger partial charge in [-0.3, -0.25) is 0 Å². The lowest BCUT2D eigenvalue weighted by molar-refractivity contribution is -0.0128. The minimum absolute atomic E-state index is 0.101. The fourth-order valence-electron chi connectivity index (χ4n) is 2.91. The van der Waals surface area contributed by atoms with Gasteiger partial charge in [-0.1, -0.05) is 6.92 Å². The van der Waals surface area contributed by atoms with Gasteiger partial charge in [0.1, 0.15) is 11.5 Å². The molecule has 3 nitrogen and oxygen atoms in total. The van der Waals surface area contributed by atoms with Gasteiger partial charge in [-0.25, -0.2) is 0 Å².